The van der Waals surface area contributed by atoms with Crippen molar-refractivity contribution in [3.63, 3.8) is 0 Å². The van der Waals surface area contributed by atoms with Crippen LogP contribution in [0.3, 0.4) is 0 Å². The van der Waals surface area contributed by atoms with Gasteiger partial charge < -0.3 is 10.4 Å². The van der Waals surface area contributed by atoms with Gasteiger partial charge in [0.25, 0.3) is 5.91 Å². The smallest absolute Gasteiger partial charge is 0.417 e. The van der Waals surface area contributed by atoms with Gasteiger partial charge >= 0.3 is 6.18 Å². The monoisotopic (exact) mass is 419 g/mol. The Morgan fingerprint density at radius 2 is 2.00 bits per heavy atom. The molecule has 0 bridgehead atoms. The molecule has 0 unspecified atom stereocenters. The molecule has 0 aromatic carbocycles. The molecule has 2 aromatic heterocycles. The van der Waals surface area contributed by atoms with Crippen molar-refractivity contribution in [2.24, 2.45) is 0 Å². The van der Waals surface area contributed by atoms with Gasteiger partial charge in [0.2, 0.25) is 0 Å². The fourth-order valence-electron chi connectivity index (χ4n) is 2.05. The van der Waals surface area contributed by atoms with E-state index in [0.717, 1.165) is 24.0 Å². The molecular formula is C17H17ClF3N3O2S. The van der Waals surface area contributed by atoms with Crippen molar-refractivity contribution >= 4 is 29.3 Å². The zero-order valence-electron chi connectivity index (χ0n) is 14.7. The largest absolute Gasteiger partial charge is 0.505 e. The molecule has 2 heterocycles. The Hall–Kier alpha value is -2.00. The summed E-state index contributed by atoms with van der Waals surface area (Å²) >= 11 is 7.05. The van der Waals surface area contributed by atoms with E-state index in [1.807, 2.05) is 0 Å². The maximum absolute atomic E-state index is 12.7. The van der Waals surface area contributed by atoms with E-state index in [1.165, 1.54) is 6.20 Å². The molecule has 0 saturated heterocycles. The standard InChI is InChI=1S/C17H17ClF3N3O2S/c1-9-4-5-22-12(13(9)25)14(26)24-8-16(2,3)27-15-11(18)6-10(7-23-15)17(19,20)21/h4-7,25H,8H2,1-3H3,(H,24,26). The summed E-state index contributed by atoms with van der Waals surface area (Å²) in [6, 6.07) is 2.39. The third-order valence-electron chi connectivity index (χ3n) is 3.52. The molecule has 5 nitrogen and oxygen atoms in total. The van der Waals surface area contributed by atoms with E-state index >= 15 is 0 Å². The summed E-state index contributed by atoms with van der Waals surface area (Å²) in [7, 11) is 0. The molecule has 2 rings (SSSR count). The number of nitrogens with zero attached hydrogens (tertiary/aromatic N) is 2. The van der Waals surface area contributed by atoms with Gasteiger partial charge in [-0.05, 0) is 38.5 Å². The lowest BCUT2D eigenvalue weighted by Crippen LogP contribution is -2.36. The maximum atomic E-state index is 12.7. The molecule has 10 heteroatoms. The lowest BCUT2D eigenvalue weighted by Gasteiger charge is -2.24. The van der Waals surface area contributed by atoms with Crippen LogP contribution in [0.25, 0.3) is 0 Å². The van der Waals surface area contributed by atoms with Gasteiger partial charge in [-0.3, -0.25) is 4.79 Å². The van der Waals surface area contributed by atoms with E-state index in [9.17, 15) is 23.1 Å². The van der Waals surface area contributed by atoms with E-state index in [2.05, 4.69) is 15.3 Å². The Morgan fingerprint density at radius 1 is 1.33 bits per heavy atom. The van der Waals surface area contributed by atoms with Gasteiger partial charge in [-0.15, -0.1) is 0 Å². The Balaban J connectivity index is 2.07. The van der Waals surface area contributed by atoms with Crippen LogP contribution in [-0.2, 0) is 6.18 Å². The normalized spacial score (nSPS) is 12.1. The first kappa shape index (κ1) is 21.3. The first-order valence-corrected chi connectivity index (χ1v) is 8.95. The first-order valence-electron chi connectivity index (χ1n) is 7.75. The minimum atomic E-state index is -4.52. The van der Waals surface area contributed by atoms with Crippen molar-refractivity contribution in [2.45, 2.75) is 36.7 Å². The van der Waals surface area contributed by atoms with E-state index in [-0.39, 0.29) is 28.0 Å². The van der Waals surface area contributed by atoms with Crippen LogP contribution in [0.15, 0.2) is 29.6 Å². The Labute approximate surface area is 163 Å². The fourth-order valence-corrected chi connectivity index (χ4v) is 3.26. The van der Waals surface area contributed by atoms with Crippen LogP contribution in [0.4, 0.5) is 13.2 Å². The van der Waals surface area contributed by atoms with Crippen LogP contribution < -0.4 is 5.32 Å². The van der Waals surface area contributed by atoms with Crippen LogP contribution in [0.1, 0.15) is 35.5 Å². The van der Waals surface area contributed by atoms with E-state index in [0.29, 0.717) is 5.56 Å². The molecule has 0 spiro atoms. The number of aromatic hydroxyl groups is 1. The number of amides is 1. The number of nitrogens with one attached hydrogen (secondary N) is 1. The second-order valence-corrected chi connectivity index (χ2v) is 8.48. The number of halogens is 4. The van der Waals surface area contributed by atoms with Gasteiger partial charge in [-0.2, -0.15) is 13.2 Å². The highest BCUT2D eigenvalue weighted by Crippen LogP contribution is 2.38. The molecule has 2 N–H and O–H groups in total. The number of alkyl halides is 3. The number of thioether (sulfide) groups is 1. The SMILES string of the molecule is Cc1ccnc(C(=O)NCC(C)(C)Sc2ncc(C(F)(F)F)cc2Cl)c1O. The second kappa shape index (κ2) is 7.93. The quantitative estimate of drug-likeness (QED) is 0.700. The van der Waals surface area contributed by atoms with Gasteiger partial charge in [0.1, 0.15) is 10.8 Å². The first-order chi connectivity index (χ1) is 12.4. The van der Waals surface area contributed by atoms with Gasteiger partial charge in [-0.1, -0.05) is 23.4 Å². The van der Waals surface area contributed by atoms with Gasteiger partial charge in [0.05, 0.1) is 10.6 Å². The second-order valence-electron chi connectivity index (χ2n) is 6.38. The summed E-state index contributed by atoms with van der Waals surface area (Å²) in [4.78, 5) is 19.9. The molecule has 0 radical (unpaired) electrons. The summed E-state index contributed by atoms with van der Waals surface area (Å²) in [5, 5.41) is 12.7. The van der Waals surface area contributed by atoms with E-state index in [4.69, 9.17) is 11.6 Å². The Kier molecular flexibility index (Phi) is 6.26. The van der Waals surface area contributed by atoms with Crippen LogP contribution in [0.2, 0.25) is 5.02 Å². The fraction of sp³-hybridized carbons (Fsp3) is 0.353. The van der Waals surface area contributed by atoms with Gasteiger partial charge in [-0.25, -0.2) is 9.97 Å². The van der Waals surface area contributed by atoms with Crippen molar-refractivity contribution in [2.75, 3.05) is 6.54 Å². The maximum Gasteiger partial charge on any atom is 0.417 e. The highest BCUT2D eigenvalue weighted by Gasteiger charge is 2.32. The molecule has 0 aliphatic rings. The van der Waals surface area contributed by atoms with Gasteiger partial charge in [0, 0.05) is 23.7 Å². The molecular weight excluding hydrogens is 403 g/mol. The number of aryl methyl sites for hydroxylation is 1. The molecule has 146 valence electrons. The summed E-state index contributed by atoms with van der Waals surface area (Å²) in [6.45, 7) is 5.34. The third-order valence-corrected chi connectivity index (χ3v) is 5.14. The van der Waals surface area contributed by atoms with Crippen LogP contribution >= 0.6 is 23.4 Å². The summed E-state index contributed by atoms with van der Waals surface area (Å²) < 4.78 is 37.4. The van der Waals surface area contributed by atoms with Gasteiger partial charge in [0.15, 0.2) is 5.69 Å². The van der Waals surface area contributed by atoms with Crippen molar-refractivity contribution < 1.29 is 23.1 Å². The zero-order valence-corrected chi connectivity index (χ0v) is 16.3. The Bertz CT molecular complexity index is 860. The average molecular weight is 420 g/mol. The summed E-state index contributed by atoms with van der Waals surface area (Å²) in [5.41, 5.74) is -0.505. The molecule has 0 atom stereocenters. The van der Waals surface area contributed by atoms with E-state index in [1.54, 1.807) is 26.8 Å². The predicted octanol–water partition coefficient (Wildman–Crippen LogP) is 4.46. The molecule has 0 saturated carbocycles. The van der Waals surface area contributed by atoms with Crippen LogP contribution in [0, 0.1) is 6.92 Å². The molecule has 1 amide bonds. The highest BCUT2D eigenvalue weighted by molar-refractivity contribution is 8.00. The van der Waals surface area contributed by atoms with E-state index < -0.39 is 22.4 Å². The number of hydrogen-bond acceptors (Lipinski definition) is 5. The minimum absolute atomic E-state index is 0.0958. The van der Waals surface area contributed by atoms with Crippen LogP contribution in [-0.4, -0.2) is 32.3 Å². The Morgan fingerprint density at radius 3 is 2.59 bits per heavy atom. The lowest BCUT2D eigenvalue weighted by atomic mass is 10.2. The highest BCUT2D eigenvalue weighted by atomic mass is 35.5. The molecule has 0 fully saturated rings. The predicted molar refractivity (Wildman–Crippen MR) is 97.2 cm³/mol. The van der Waals surface area contributed by atoms with Crippen molar-refractivity contribution in [1.29, 1.82) is 0 Å². The number of carbonyl (C=O) groups excluding carboxylic acids is 1. The van der Waals surface area contributed by atoms with Crippen molar-refractivity contribution in [1.82, 2.24) is 15.3 Å². The molecule has 0 aliphatic heterocycles. The zero-order chi connectivity index (χ0) is 20.4. The number of pyridine rings is 2. The summed E-state index contributed by atoms with van der Waals surface area (Å²) in [5.74, 6) is -0.760. The van der Waals surface area contributed by atoms with Crippen molar-refractivity contribution in [3.05, 3.63) is 46.4 Å². The number of aromatic nitrogens is 2. The molecule has 2 aromatic rings. The lowest BCUT2D eigenvalue weighted by molar-refractivity contribution is -0.137. The van der Waals surface area contributed by atoms with Crippen molar-refractivity contribution in [3.8, 4) is 5.75 Å². The number of hydrogen-bond donors (Lipinski definition) is 2. The number of rotatable bonds is 5. The molecule has 27 heavy (non-hydrogen) atoms. The topological polar surface area (TPSA) is 75.1 Å². The minimum Gasteiger partial charge on any atom is -0.505 e. The third kappa shape index (κ3) is 5.49. The summed E-state index contributed by atoms with van der Waals surface area (Å²) in [6.07, 6.45) is -2.39. The molecule has 0 aliphatic carbocycles. The van der Waals surface area contributed by atoms with Crippen LogP contribution in [0.5, 0.6) is 5.75 Å². The average Bonchev–Trinajstić information content (AvgIpc) is 2.56. The number of carbonyl (C=O) groups is 1.